The van der Waals surface area contributed by atoms with E-state index >= 15 is 0 Å². The molecule has 0 spiro atoms. The van der Waals surface area contributed by atoms with E-state index in [2.05, 4.69) is 15.0 Å². The van der Waals surface area contributed by atoms with Crippen LogP contribution >= 0.6 is 0 Å². The number of rotatable bonds is 8. The van der Waals surface area contributed by atoms with Crippen molar-refractivity contribution in [2.75, 3.05) is 12.3 Å². The van der Waals surface area contributed by atoms with Crippen molar-refractivity contribution in [3.05, 3.63) is 12.4 Å². The molecular formula is C8H14N4O4S. The molecule has 0 bridgehead atoms. The standard InChI is InChI=1S/C8H14N4O4S/c13-8(14)2-7-17(15,16)10-3-1-5-12-6-4-9-11-12/h4,6,10H,1-3,5,7H2,(H,13,14). The Kier molecular flexibility index (Phi) is 5.04. The van der Waals surface area contributed by atoms with Gasteiger partial charge in [-0.1, -0.05) is 5.21 Å². The van der Waals surface area contributed by atoms with Crippen LogP contribution in [0, 0.1) is 0 Å². The Hall–Kier alpha value is -1.48. The van der Waals surface area contributed by atoms with Crippen LogP contribution in [0.5, 0.6) is 0 Å². The zero-order valence-corrected chi connectivity index (χ0v) is 9.93. The summed E-state index contributed by atoms with van der Waals surface area (Å²) in [6, 6.07) is 0. The highest BCUT2D eigenvalue weighted by atomic mass is 32.2. The highest BCUT2D eigenvalue weighted by Gasteiger charge is 2.11. The summed E-state index contributed by atoms with van der Waals surface area (Å²) in [4.78, 5) is 10.2. The molecule has 0 aromatic carbocycles. The SMILES string of the molecule is O=C(O)CCS(=O)(=O)NCCCn1ccnn1. The summed E-state index contributed by atoms with van der Waals surface area (Å²) in [7, 11) is -3.49. The first-order valence-corrected chi connectivity index (χ1v) is 6.68. The highest BCUT2D eigenvalue weighted by Crippen LogP contribution is 1.92. The van der Waals surface area contributed by atoms with Crippen LogP contribution in [0.1, 0.15) is 12.8 Å². The topological polar surface area (TPSA) is 114 Å². The number of nitrogens with zero attached hydrogens (tertiary/aromatic N) is 3. The Bertz CT molecular complexity index is 442. The van der Waals surface area contributed by atoms with Crippen LogP contribution in [0.4, 0.5) is 0 Å². The van der Waals surface area contributed by atoms with Gasteiger partial charge in [0.25, 0.3) is 0 Å². The zero-order chi connectivity index (χ0) is 12.7. The van der Waals surface area contributed by atoms with Crippen molar-refractivity contribution < 1.29 is 18.3 Å². The molecule has 0 saturated heterocycles. The molecule has 0 atom stereocenters. The fourth-order valence-corrected chi connectivity index (χ4v) is 2.16. The molecule has 2 N–H and O–H groups in total. The Morgan fingerprint density at radius 3 is 2.82 bits per heavy atom. The molecule has 1 aromatic rings. The van der Waals surface area contributed by atoms with Gasteiger partial charge in [-0.25, -0.2) is 13.1 Å². The average Bonchev–Trinajstić information content (AvgIpc) is 2.75. The summed E-state index contributed by atoms with van der Waals surface area (Å²) in [5.74, 6) is -1.52. The molecule has 1 heterocycles. The summed E-state index contributed by atoms with van der Waals surface area (Å²) in [5.41, 5.74) is 0. The molecule has 0 radical (unpaired) electrons. The summed E-state index contributed by atoms with van der Waals surface area (Å²) < 4.78 is 26.5. The van der Waals surface area contributed by atoms with Gasteiger partial charge >= 0.3 is 5.97 Å². The van der Waals surface area contributed by atoms with Crippen molar-refractivity contribution in [3.8, 4) is 0 Å². The number of carboxylic acids is 1. The number of aromatic nitrogens is 3. The molecule has 1 rings (SSSR count). The Balaban J connectivity index is 2.19. The minimum absolute atomic E-state index is 0.252. The lowest BCUT2D eigenvalue weighted by Crippen LogP contribution is -2.29. The Morgan fingerprint density at radius 2 is 2.24 bits per heavy atom. The second-order valence-corrected chi connectivity index (χ2v) is 5.30. The second-order valence-electron chi connectivity index (χ2n) is 3.38. The molecule has 1 aromatic heterocycles. The fraction of sp³-hybridized carbons (Fsp3) is 0.625. The minimum Gasteiger partial charge on any atom is -0.481 e. The molecule has 96 valence electrons. The third-order valence-electron chi connectivity index (χ3n) is 1.94. The largest absolute Gasteiger partial charge is 0.481 e. The number of hydrogen-bond acceptors (Lipinski definition) is 5. The van der Waals surface area contributed by atoms with Crippen molar-refractivity contribution in [2.45, 2.75) is 19.4 Å². The number of sulfonamides is 1. The molecule has 0 saturated carbocycles. The Labute approximate surface area is 98.7 Å². The van der Waals surface area contributed by atoms with Gasteiger partial charge in [-0.05, 0) is 6.42 Å². The van der Waals surface area contributed by atoms with Gasteiger partial charge in [0.2, 0.25) is 10.0 Å². The molecule has 9 heteroatoms. The van der Waals surface area contributed by atoms with E-state index in [1.807, 2.05) is 0 Å². The van der Waals surface area contributed by atoms with Gasteiger partial charge < -0.3 is 5.11 Å². The number of carbonyl (C=O) groups is 1. The first kappa shape index (κ1) is 13.6. The van der Waals surface area contributed by atoms with E-state index in [0.717, 1.165) is 0 Å². The number of carboxylic acid groups (broad SMARTS) is 1. The highest BCUT2D eigenvalue weighted by molar-refractivity contribution is 7.89. The molecule has 0 amide bonds. The van der Waals surface area contributed by atoms with Crippen LogP contribution in [0.25, 0.3) is 0 Å². The summed E-state index contributed by atoms with van der Waals surface area (Å²) in [6.45, 7) is 0.809. The van der Waals surface area contributed by atoms with Crippen LogP contribution in [-0.2, 0) is 21.4 Å². The summed E-state index contributed by atoms with van der Waals surface area (Å²) in [5, 5.41) is 15.7. The van der Waals surface area contributed by atoms with E-state index in [4.69, 9.17) is 5.11 Å². The summed E-state index contributed by atoms with van der Waals surface area (Å²) >= 11 is 0. The van der Waals surface area contributed by atoms with Crippen LogP contribution in [0.3, 0.4) is 0 Å². The maximum absolute atomic E-state index is 11.3. The fourth-order valence-electron chi connectivity index (χ4n) is 1.11. The predicted octanol–water partition coefficient (Wildman–Crippen LogP) is -0.938. The quantitative estimate of drug-likeness (QED) is 0.584. The van der Waals surface area contributed by atoms with Gasteiger partial charge in [-0.3, -0.25) is 9.48 Å². The number of nitrogens with one attached hydrogen (secondary N) is 1. The monoisotopic (exact) mass is 262 g/mol. The minimum atomic E-state index is -3.49. The Morgan fingerprint density at radius 1 is 1.47 bits per heavy atom. The second kappa shape index (κ2) is 6.30. The van der Waals surface area contributed by atoms with Crippen LogP contribution < -0.4 is 4.72 Å². The van der Waals surface area contributed by atoms with E-state index in [1.54, 1.807) is 10.9 Å². The third-order valence-corrected chi connectivity index (χ3v) is 3.33. The third kappa shape index (κ3) is 5.97. The van der Waals surface area contributed by atoms with Crippen molar-refractivity contribution in [2.24, 2.45) is 0 Å². The van der Waals surface area contributed by atoms with Crippen molar-refractivity contribution in [1.82, 2.24) is 19.7 Å². The van der Waals surface area contributed by atoms with Crippen molar-refractivity contribution in [1.29, 1.82) is 0 Å². The predicted molar refractivity (Wildman–Crippen MR) is 58.7 cm³/mol. The molecule has 8 nitrogen and oxygen atoms in total. The van der Waals surface area contributed by atoms with Crippen LogP contribution in [0.2, 0.25) is 0 Å². The van der Waals surface area contributed by atoms with E-state index in [9.17, 15) is 13.2 Å². The maximum Gasteiger partial charge on any atom is 0.304 e. The van der Waals surface area contributed by atoms with Crippen LogP contribution in [-0.4, -0.2) is 46.8 Å². The lowest BCUT2D eigenvalue weighted by molar-refractivity contribution is -0.136. The van der Waals surface area contributed by atoms with Gasteiger partial charge in [0.15, 0.2) is 0 Å². The smallest absolute Gasteiger partial charge is 0.304 e. The maximum atomic E-state index is 11.3. The normalized spacial score (nSPS) is 11.5. The molecule has 0 aliphatic rings. The number of hydrogen-bond donors (Lipinski definition) is 2. The first-order chi connectivity index (χ1) is 7.99. The molecule has 0 aliphatic carbocycles. The van der Waals surface area contributed by atoms with Gasteiger partial charge in [0.1, 0.15) is 0 Å². The van der Waals surface area contributed by atoms with Crippen molar-refractivity contribution >= 4 is 16.0 Å². The van der Waals surface area contributed by atoms with Crippen molar-refractivity contribution in [3.63, 3.8) is 0 Å². The lowest BCUT2D eigenvalue weighted by Gasteiger charge is -2.05. The van der Waals surface area contributed by atoms with Gasteiger partial charge in [-0.2, -0.15) is 0 Å². The molecular weight excluding hydrogens is 248 g/mol. The zero-order valence-electron chi connectivity index (χ0n) is 9.11. The first-order valence-electron chi connectivity index (χ1n) is 5.03. The van der Waals surface area contributed by atoms with E-state index in [-0.39, 0.29) is 6.54 Å². The van der Waals surface area contributed by atoms with E-state index in [0.29, 0.717) is 13.0 Å². The van der Waals surface area contributed by atoms with Gasteiger partial charge in [0, 0.05) is 19.3 Å². The number of aliphatic carboxylic acids is 1. The van der Waals surface area contributed by atoms with Crippen LogP contribution in [0.15, 0.2) is 12.4 Å². The lowest BCUT2D eigenvalue weighted by atomic mass is 10.4. The summed E-state index contributed by atoms with van der Waals surface area (Å²) in [6.07, 6.45) is 3.39. The van der Waals surface area contributed by atoms with Gasteiger partial charge in [0.05, 0.1) is 18.4 Å². The average molecular weight is 262 g/mol. The van der Waals surface area contributed by atoms with Gasteiger partial charge in [-0.15, -0.1) is 5.10 Å². The van der Waals surface area contributed by atoms with E-state index in [1.165, 1.54) is 6.20 Å². The molecule has 0 unspecified atom stereocenters. The van der Waals surface area contributed by atoms with E-state index < -0.39 is 28.2 Å². The number of aryl methyl sites for hydroxylation is 1. The molecule has 17 heavy (non-hydrogen) atoms. The molecule has 0 aliphatic heterocycles. The molecule has 0 fully saturated rings.